The van der Waals surface area contributed by atoms with Crippen molar-refractivity contribution in [3.05, 3.63) is 0 Å². The highest BCUT2D eigenvalue weighted by Gasteiger charge is 2.41. The summed E-state index contributed by atoms with van der Waals surface area (Å²) >= 11 is 0. The van der Waals surface area contributed by atoms with E-state index in [4.69, 9.17) is 0 Å². The molecule has 120 valence electrons. The molecule has 22 heavy (non-hydrogen) atoms. The molecular weight excluding hydrogens is 292 g/mol. The van der Waals surface area contributed by atoms with Crippen molar-refractivity contribution in [2.75, 3.05) is 26.2 Å². The second-order valence-corrected chi connectivity index (χ2v) is 5.92. The van der Waals surface area contributed by atoms with E-state index in [9.17, 15) is 19.2 Å². The number of hydrogen-bond acceptors (Lipinski definition) is 8. The van der Waals surface area contributed by atoms with Crippen LogP contribution in [0.25, 0.3) is 0 Å². The maximum Gasteiger partial charge on any atom is 0.327 e. The summed E-state index contributed by atoms with van der Waals surface area (Å²) in [6.07, 6.45) is 3.64. The summed E-state index contributed by atoms with van der Waals surface area (Å²) in [6, 6.07) is -0.0755. The van der Waals surface area contributed by atoms with Crippen molar-refractivity contribution in [3.8, 4) is 0 Å². The molecule has 1 saturated carbocycles. The molecule has 3 rings (SSSR count). The molecule has 3 aliphatic rings. The van der Waals surface area contributed by atoms with Crippen LogP contribution in [0.4, 0.5) is 0 Å². The van der Waals surface area contributed by atoms with Crippen molar-refractivity contribution in [3.63, 3.8) is 0 Å². The first kappa shape index (κ1) is 15.1. The summed E-state index contributed by atoms with van der Waals surface area (Å²) in [7, 11) is 0. The highest BCUT2D eigenvalue weighted by molar-refractivity contribution is 5.91. The number of nitrogens with zero attached hydrogens (tertiary/aromatic N) is 2. The van der Waals surface area contributed by atoms with E-state index in [0.717, 1.165) is 25.7 Å². The SMILES string of the molecule is O=C1CN([C@@H]2CCCC[C@@H]2N2CC(=O)OC(=O)C2)CC(=O)O1. The lowest BCUT2D eigenvalue weighted by molar-refractivity contribution is -0.174. The summed E-state index contributed by atoms with van der Waals surface area (Å²) < 4.78 is 9.12. The van der Waals surface area contributed by atoms with Gasteiger partial charge < -0.3 is 9.47 Å². The molecule has 0 aromatic rings. The summed E-state index contributed by atoms with van der Waals surface area (Å²) in [5.41, 5.74) is 0. The first-order valence-corrected chi connectivity index (χ1v) is 7.48. The molecule has 0 radical (unpaired) electrons. The highest BCUT2D eigenvalue weighted by Crippen LogP contribution is 2.28. The zero-order chi connectivity index (χ0) is 15.7. The number of hydrogen-bond donors (Lipinski definition) is 0. The molecule has 8 nitrogen and oxygen atoms in total. The summed E-state index contributed by atoms with van der Waals surface area (Å²) in [6.45, 7) is 0.274. The van der Waals surface area contributed by atoms with Gasteiger partial charge in [-0.3, -0.25) is 29.0 Å². The number of carbonyl (C=O) groups excluding carboxylic acids is 4. The Bertz CT molecular complexity index is 441. The van der Waals surface area contributed by atoms with Gasteiger partial charge in [-0.2, -0.15) is 0 Å². The smallest absolute Gasteiger partial charge is 0.327 e. The lowest BCUT2D eigenvalue weighted by Crippen LogP contribution is -2.60. The molecular formula is C14H18N2O6. The fourth-order valence-corrected chi connectivity index (χ4v) is 3.57. The van der Waals surface area contributed by atoms with Crippen molar-refractivity contribution < 1.29 is 28.7 Å². The summed E-state index contributed by atoms with van der Waals surface area (Å²) in [4.78, 5) is 49.6. The number of morpholine rings is 2. The van der Waals surface area contributed by atoms with Gasteiger partial charge in [0.1, 0.15) is 0 Å². The van der Waals surface area contributed by atoms with Crippen molar-refractivity contribution >= 4 is 23.9 Å². The molecule has 0 N–H and O–H groups in total. The average molecular weight is 310 g/mol. The average Bonchev–Trinajstić information content (AvgIpc) is 2.45. The molecule has 1 aliphatic carbocycles. The second kappa shape index (κ2) is 6.13. The van der Waals surface area contributed by atoms with Crippen molar-refractivity contribution in [1.82, 2.24) is 9.80 Å². The molecule has 0 unspecified atom stereocenters. The van der Waals surface area contributed by atoms with E-state index in [1.165, 1.54) is 0 Å². The van der Waals surface area contributed by atoms with Gasteiger partial charge in [0.2, 0.25) is 0 Å². The second-order valence-electron chi connectivity index (χ2n) is 5.92. The fraction of sp³-hybridized carbons (Fsp3) is 0.714. The lowest BCUT2D eigenvalue weighted by atomic mass is 9.87. The Kier molecular flexibility index (Phi) is 4.21. The Hall–Kier alpha value is -1.80. The van der Waals surface area contributed by atoms with Crippen LogP contribution in [0.15, 0.2) is 0 Å². The van der Waals surface area contributed by atoms with Crippen LogP contribution in [0.3, 0.4) is 0 Å². The Morgan fingerprint density at radius 1 is 0.636 bits per heavy atom. The highest BCUT2D eigenvalue weighted by atomic mass is 16.6. The first-order valence-electron chi connectivity index (χ1n) is 7.48. The number of ether oxygens (including phenoxy) is 2. The van der Waals surface area contributed by atoms with E-state index in [1.807, 2.05) is 9.80 Å². The minimum Gasteiger partial charge on any atom is -0.391 e. The molecule has 0 aromatic carbocycles. The first-order chi connectivity index (χ1) is 10.5. The van der Waals surface area contributed by atoms with Gasteiger partial charge in [0.15, 0.2) is 0 Å². The standard InChI is InChI=1S/C14H18N2O6/c17-11-5-15(6-12(18)21-11)9-3-1-2-4-10(9)16-7-13(19)22-14(20)8-16/h9-10H,1-8H2/t9-,10+. The van der Waals surface area contributed by atoms with Gasteiger partial charge in [0, 0.05) is 12.1 Å². The van der Waals surface area contributed by atoms with Gasteiger partial charge in [-0.1, -0.05) is 12.8 Å². The van der Waals surface area contributed by atoms with Crippen LogP contribution >= 0.6 is 0 Å². The van der Waals surface area contributed by atoms with Crippen LogP contribution in [0.2, 0.25) is 0 Å². The predicted molar refractivity (Wildman–Crippen MR) is 71.4 cm³/mol. The fourth-order valence-electron chi connectivity index (χ4n) is 3.57. The maximum atomic E-state index is 11.5. The molecule has 0 aromatic heterocycles. The number of rotatable bonds is 2. The molecule has 8 heteroatoms. The number of cyclic esters (lactones) is 4. The monoisotopic (exact) mass is 310 g/mol. The van der Waals surface area contributed by atoms with Gasteiger partial charge in [-0.05, 0) is 12.8 Å². The van der Waals surface area contributed by atoms with E-state index < -0.39 is 23.9 Å². The zero-order valence-electron chi connectivity index (χ0n) is 12.2. The molecule has 0 amide bonds. The van der Waals surface area contributed by atoms with Crippen molar-refractivity contribution in [2.24, 2.45) is 0 Å². The lowest BCUT2D eigenvalue weighted by Gasteiger charge is -2.45. The molecule has 3 fully saturated rings. The third kappa shape index (κ3) is 3.17. The Labute approximate surface area is 127 Å². The minimum atomic E-state index is -0.547. The van der Waals surface area contributed by atoms with Gasteiger partial charge in [-0.25, -0.2) is 0 Å². The predicted octanol–water partition coefficient (Wildman–Crippen LogP) is -0.932. The molecule has 2 heterocycles. The Balaban J connectivity index is 1.76. The topological polar surface area (TPSA) is 93.2 Å². The van der Waals surface area contributed by atoms with Crippen molar-refractivity contribution in [1.29, 1.82) is 0 Å². The molecule has 0 bridgehead atoms. The van der Waals surface area contributed by atoms with Gasteiger partial charge in [-0.15, -0.1) is 0 Å². The van der Waals surface area contributed by atoms with E-state index in [-0.39, 0.29) is 38.3 Å². The van der Waals surface area contributed by atoms with Gasteiger partial charge in [0.25, 0.3) is 0 Å². The molecule has 0 spiro atoms. The van der Waals surface area contributed by atoms with Crippen LogP contribution < -0.4 is 0 Å². The van der Waals surface area contributed by atoms with Crippen LogP contribution in [0.1, 0.15) is 25.7 Å². The van der Waals surface area contributed by atoms with Crippen LogP contribution in [-0.4, -0.2) is 71.9 Å². The molecule has 2 aliphatic heterocycles. The zero-order valence-corrected chi connectivity index (χ0v) is 12.2. The van der Waals surface area contributed by atoms with E-state index in [2.05, 4.69) is 9.47 Å². The van der Waals surface area contributed by atoms with E-state index >= 15 is 0 Å². The normalized spacial score (nSPS) is 31.8. The van der Waals surface area contributed by atoms with Crippen LogP contribution in [-0.2, 0) is 28.7 Å². The third-order valence-electron chi connectivity index (χ3n) is 4.42. The van der Waals surface area contributed by atoms with Crippen LogP contribution in [0, 0.1) is 0 Å². The van der Waals surface area contributed by atoms with Gasteiger partial charge in [0.05, 0.1) is 26.2 Å². The number of esters is 4. The van der Waals surface area contributed by atoms with Crippen LogP contribution in [0.5, 0.6) is 0 Å². The van der Waals surface area contributed by atoms with Gasteiger partial charge >= 0.3 is 23.9 Å². The van der Waals surface area contributed by atoms with E-state index in [0.29, 0.717) is 0 Å². The largest absolute Gasteiger partial charge is 0.391 e. The Morgan fingerprint density at radius 2 is 0.955 bits per heavy atom. The van der Waals surface area contributed by atoms with Crippen molar-refractivity contribution in [2.45, 2.75) is 37.8 Å². The molecule has 2 atom stereocenters. The summed E-state index contributed by atoms with van der Waals surface area (Å²) in [5.74, 6) is -2.19. The molecule has 2 saturated heterocycles. The third-order valence-corrected chi connectivity index (χ3v) is 4.42. The van der Waals surface area contributed by atoms with E-state index in [1.54, 1.807) is 0 Å². The number of carbonyl (C=O) groups is 4. The quantitative estimate of drug-likeness (QED) is 0.477. The minimum absolute atomic E-state index is 0.0377. The maximum absolute atomic E-state index is 11.5. The Morgan fingerprint density at radius 3 is 1.27 bits per heavy atom. The summed E-state index contributed by atoms with van der Waals surface area (Å²) in [5, 5.41) is 0.